The number of piperidine rings is 1. The Balaban J connectivity index is 2.23. The molecular weight excluding hydrogens is 258 g/mol. The number of nitrogens with one attached hydrogen (secondary N) is 2. The van der Waals surface area contributed by atoms with Gasteiger partial charge in [0, 0.05) is 19.0 Å². The van der Waals surface area contributed by atoms with Crippen LogP contribution in [0.5, 0.6) is 0 Å². The van der Waals surface area contributed by atoms with Gasteiger partial charge in [-0.2, -0.15) is 0 Å². The Hall–Kier alpha value is -1.30. The molecule has 116 valence electrons. The zero-order valence-corrected chi connectivity index (χ0v) is 12.7. The average molecular weight is 285 g/mol. The summed E-state index contributed by atoms with van der Waals surface area (Å²) in [5, 5.41) is 14.3. The van der Waals surface area contributed by atoms with Crippen molar-refractivity contribution < 1.29 is 14.7 Å². The minimum Gasteiger partial charge on any atom is -0.481 e. The third-order valence-corrected chi connectivity index (χ3v) is 4.04. The molecule has 1 fully saturated rings. The lowest BCUT2D eigenvalue weighted by Crippen LogP contribution is -2.47. The summed E-state index contributed by atoms with van der Waals surface area (Å²) in [7, 11) is 2.11. The zero-order chi connectivity index (χ0) is 15.2. The predicted octanol–water partition coefficient (Wildman–Crippen LogP) is 1.27. The second-order valence-corrected chi connectivity index (χ2v) is 6.27. The summed E-state index contributed by atoms with van der Waals surface area (Å²) in [6.45, 7) is 6.82. The maximum atomic E-state index is 11.8. The van der Waals surface area contributed by atoms with Gasteiger partial charge in [-0.3, -0.25) is 4.79 Å². The number of urea groups is 1. The van der Waals surface area contributed by atoms with Crippen molar-refractivity contribution in [3.63, 3.8) is 0 Å². The summed E-state index contributed by atoms with van der Waals surface area (Å²) in [6, 6.07) is -0.334. The number of rotatable bonds is 6. The average Bonchev–Trinajstić information content (AvgIpc) is 2.38. The Kier molecular flexibility index (Phi) is 6.26. The Morgan fingerprint density at radius 3 is 2.50 bits per heavy atom. The molecule has 0 saturated carbocycles. The van der Waals surface area contributed by atoms with Gasteiger partial charge in [-0.05, 0) is 51.7 Å². The third-order valence-electron chi connectivity index (χ3n) is 4.04. The van der Waals surface area contributed by atoms with Gasteiger partial charge in [0.15, 0.2) is 0 Å². The fourth-order valence-corrected chi connectivity index (χ4v) is 2.32. The van der Waals surface area contributed by atoms with Crippen LogP contribution in [0.15, 0.2) is 0 Å². The van der Waals surface area contributed by atoms with Crippen molar-refractivity contribution in [1.82, 2.24) is 15.5 Å². The Morgan fingerprint density at radius 2 is 1.95 bits per heavy atom. The highest BCUT2D eigenvalue weighted by molar-refractivity contribution is 5.74. The number of carboxylic acid groups (broad SMARTS) is 1. The van der Waals surface area contributed by atoms with Gasteiger partial charge >= 0.3 is 12.0 Å². The van der Waals surface area contributed by atoms with Crippen molar-refractivity contribution in [3.05, 3.63) is 0 Å². The van der Waals surface area contributed by atoms with E-state index in [1.165, 1.54) is 0 Å². The molecular formula is C14H27N3O3. The third kappa shape index (κ3) is 6.23. The van der Waals surface area contributed by atoms with Crippen LogP contribution in [0, 0.1) is 5.41 Å². The molecule has 20 heavy (non-hydrogen) atoms. The topological polar surface area (TPSA) is 81.7 Å². The molecule has 1 unspecified atom stereocenters. The number of carbonyl (C=O) groups excluding carboxylic acids is 1. The standard InChI is InChI=1S/C14H27N3O3/c1-11(4-5-12(18)19)16-13(20)15-10-14(2)6-8-17(3)9-7-14/h11H,4-10H2,1-3H3,(H,18,19)(H2,15,16,20). The van der Waals surface area contributed by atoms with Crippen molar-refractivity contribution in [2.75, 3.05) is 26.7 Å². The van der Waals surface area contributed by atoms with E-state index in [0.717, 1.165) is 25.9 Å². The highest BCUT2D eigenvalue weighted by Gasteiger charge is 2.29. The van der Waals surface area contributed by atoms with Gasteiger partial charge in [0.05, 0.1) is 0 Å². The smallest absolute Gasteiger partial charge is 0.315 e. The van der Waals surface area contributed by atoms with E-state index in [4.69, 9.17) is 5.11 Å². The number of nitrogens with zero attached hydrogens (tertiary/aromatic N) is 1. The first kappa shape index (κ1) is 16.8. The molecule has 0 radical (unpaired) electrons. The van der Waals surface area contributed by atoms with E-state index < -0.39 is 5.97 Å². The van der Waals surface area contributed by atoms with Crippen molar-refractivity contribution in [2.24, 2.45) is 5.41 Å². The summed E-state index contributed by atoms with van der Waals surface area (Å²) in [4.78, 5) is 24.5. The van der Waals surface area contributed by atoms with Gasteiger partial charge in [0.2, 0.25) is 0 Å². The highest BCUT2D eigenvalue weighted by atomic mass is 16.4. The number of amides is 2. The van der Waals surface area contributed by atoms with Crippen molar-refractivity contribution >= 4 is 12.0 Å². The number of carbonyl (C=O) groups is 2. The van der Waals surface area contributed by atoms with Crippen LogP contribution in [0.25, 0.3) is 0 Å². The fraction of sp³-hybridized carbons (Fsp3) is 0.857. The van der Waals surface area contributed by atoms with Gasteiger partial charge in [0.25, 0.3) is 0 Å². The van der Waals surface area contributed by atoms with Crippen molar-refractivity contribution in [2.45, 2.75) is 45.6 Å². The molecule has 0 aliphatic carbocycles. The molecule has 1 atom stereocenters. The van der Waals surface area contributed by atoms with E-state index in [9.17, 15) is 9.59 Å². The minimum atomic E-state index is -0.835. The first-order valence-corrected chi connectivity index (χ1v) is 7.25. The monoisotopic (exact) mass is 285 g/mol. The molecule has 1 aliphatic rings. The molecule has 0 spiro atoms. The van der Waals surface area contributed by atoms with E-state index in [1.807, 2.05) is 6.92 Å². The second-order valence-electron chi connectivity index (χ2n) is 6.27. The molecule has 0 aromatic rings. The largest absolute Gasteiger partial charge is 0.481 e. The molecule has 1 saturated heterocycles. The molecule has 1 heterocycles. The fourth-order valence-electron chi connectivity index (χ4n) is 2.32. The van der Waals surface area contributed by atoms with Crippen LogP contribution in [-0.2, 0) is 4.79 Å². The predicted molar refractivity (Wildman–Crippen MR) is 77.7 cm³/mol. The molecule has 0 aromatic heterocycles. The van der Waals surface area contributed by atoms with E-state index >= 15 is 0 Å². The molecule has 0 aromatic carbocycles. The number of carboxylic acids is 1. The molecule has 1 rings (SSSR count). The second kappa shape index (κ2) is 7.47. The lowest BCUT2D eigenvalue weighted by Gasteiger charge is -2.38. The van der Waals surface area contributed by atoms with Gasteiger partial charge in [0.1, 0.15) is 0 Å². The zero-order valence-electron chi connectivity index (χ0n) is 12.7. The van der Waals surface area contributed by atoms with Crippen molar-refractivity contribution in [1.29, 1.82) is 0 Å². The van der Waals surface area contributed by atoms with Crippen LogP contribution in [0.1, 0.15) is 39.5 Å². The molecule has 3 N–H and O–H groups in total. The van der Waals surface area contributed by atoms with Crippen LogP contribution in [-0.4, -0.2) is 54.7 Å². The molecule has 0 bridgehead atoms. The summed E-state index contributed by atoms with van der Waals surface area (Å²) >= 11 is 0. The highest BCUT2D eigenvalue weighted by Crippen LogP contribution is 2.29. The number of aliphatic carboxylic acids is 1. The molecule has 2 amide bonds. The Morgan fingerprint density at radius 1 is 1.35 bits per heavy atom. The summed E-state index contributed by atoms with van der Waals surface area (Å²) in [6.07, 6.45) is 2.69. The number of likely N-dealkylation sites (tertiary alicyclic amines) is 1. The first-order valence-electron chi connectivity index (χ1n) is 7.25. The Labute approximate surface area is 120 Å². The van der Waals surface area contributed by atoms with E-state index in [2.05, 4.69) is 29.5 Å². The van der Waals surface area contributed by atoms with E-state index in [-0.39, 0.29) is 23.9 Å². The quantitative estimate of drug-likeness (QED) is 0.686. The van der Waals surface area contributed by atoms with Crippen molar-refractivity contribution in [3.8, 4) is 0 Å². The number of hydrogen-bond donors (Lipinski definition) is 3. The van der Waals surface area contributed by atoms with Crippen LogP contribution >= 0.6 is 0 Å². The molecule has 6 nitrogen and oxygen atoms in total. The maximum absolute atomic E-state index is 11.8. The summed E-state index contributed by atoms with van der Waals surface area (Å²) < 4.78 is 0. The van der Waals surface area contributed by atoms with Crippen LogP contribution in [0.4, 0.5) is 4.79 Å². The van der Waals surface area contributed by atoms with Gasteiger partial charge in [-0.25, -0.2) is 4.79 Å². The van der Waals surface area contributed by atoms with Gasteiger partial charge < -0.3 is 20.6 Å². The van der Waals surface area contributed by atoms with Crippen LogP contribution in [0.3, 0.4) is 0 Å². The van der Waals surface area contributed by atoms with E-state index in [0.29, 0.717) is 13.0 Å². The van der Waals surface area contributed by atoms with Gasteiger partial charge in [-0.15, -0.1) is 0 Å². The lowest BCUT2D eigenvalue weighted by atomic mass is 9.80. The summed E-state index contributed by atoms with van der Waals surface area (Å²) in [5.41, 5.74) is 0.161. The van der Waals surface area contributed by atoms with Crippen LogP contribution in [0.2, 0.25) is 0 Å². The lowest BCUT2D eigenvalue weighted by molar-refractivity contribution is -0.137. The minimum absolute atomic E-state index is 0.0749. The van der Waals surface area contributed by atoms with Crippen LogP contribution < -0.4 is 10.6 Å². The Bertz CT molecular complexity index is 339. The maximum Gasteiger partial charge on any atom is 0.315 e. The van der Waals surface area contributed by atoms with E-state index in [1.54, 1.807) is 0 Å². The summed E-state index contributed by atoms with van der Waals surface area (Å²) in [5.74, 6) is -0.835. The van der Waals surface area contributed by atoms with Gasteiger partial charge in [-0.1, -0.05) is 6.92 Å². The SMILES string of the molecule is CC(CCC(=O)O)NC(=O)NCC1(C)CCN(C)CC1. The number of hydrogen-bond acceptors (Lipinski definition) is 3. The molecule has 6 heteroatoms. The first-order chi connectivity index (χ1) is 9.31. The normalized spacial score (nSPS) is 20.1. The molecule has 1 aliphatic heterocycles.